The molecule has 8 heteroatoms. The Kier molecular flexibility index (Phi) is 4.67. The summed E-state index contributed by atoms with van der Waals surface area (Å²) >= 11 is 0. The number of amides is 1. The zero-order valence-corrected chi connectivity index (χ0v) is 17.3. The molecule has 0 bridgehead atoms. The molecule has 5 rings (SSSR count). The molecule has 0 aliphatic carbocycles. The standard InChI is InChI=1S/C24H20N6O2/c1-15(27-23(31)20-21(25)28-29-13-7-12-26-22(20)29)19-14-16-8-5-6-11-18(16)24(32)30(19)17-9-3-2-4-10-17/h2-15H,1H3,(H2,25,28)(H,27,31)/t15-/m0/s1. The first-order valence-corrected chi connectivity index (χ1v) is 10.1. The van der Waals surface area contributed by atoms with Gasteiger partial charge in [0, 0.05) is 29.2 Å². The van der Waals surface area contributed by atoms with E-state index >= 15 is 0 Å². The van der Waals surface area contributed by atoms with Crippen LogP contribution in [0.5, 0.6) is 0 Å². The molecule has 158 valence electrons. The van der Waals surface area contributed by atoms with Crippen LogP contribution < -0.4 is 16.6 Å². The smallest absolute Gasteiger partial charge is 0.263 e. The Hall–Kier alpha value is -4.46. The van der Waals surface area contributed by atoms with Gasteiger partial charge in [0.2, 0.25) is 0 Å². The molecule has 0 spiro atoms. The number of anilines is 1. The highest BCUT2D eigenvalue weighted by atomic mass is 16.2. The molecule has 1 atom stereocenters. The molecule has 32 heavy (non-hydrogen) atoms. The molecule has 0 fully saturated rings. The van der Waals surface area contributed by atoms with Crippen LogP contribution in [0.4, 0.5) is 5.82 Å². The van der Waals surface area contributed by atoms with E-state index in [-0.39, 0.29) is 16.9 Å². The zero-order chi connectivity index (χ0) is 22.2. The Balaban J connectivity index is 1.61. The SMILES string of the molecule is C[C@H](NC(=O)c1c(N)nn2cccnc12)c1cc2ccccc2c(=O)n1-c1ccccc1. The molecule has 3 aromatic heterocycles. The molecule has 3 N–H and O–H groups in total. The number of nitrogens with zero attached hydrogens (tertiary/aromatic N) is 4. The number of hydrogen-bond acceptors (Lipinski definition) is 5. The summed E-state index contributed by atoms with van der Waals surface area (Å²) in [5, 5.41) is 8.52. The number of fused-ring (bicyclic) bond motifs is 2. The molecule has 0 unspecified atom stereocenters. The quantitative estimate of drug-likeness (QED) is 0.461. The lowest BCUT2D eigenvalue weighted by Crippen LogP contribution is -2.32. The number of para-hydroxylation sites is 1. The molecule has 0 saturated heterocycles. The average Bonchev–Trinajstić information content (AvgIpc) is 3.15. The lowest BCUT2D eigenvalue weighted by molar-refractivity contribution is 0.0941. The molecule has 0 aliphatic heterocycles. The van der Waals surface area contributed by atoms with Crippen molar-refractivity contribution in [3.8, 4) is 5.69 Å². The van der Waals surface area contributed by atoms with Crippen molar-refractivity contribution < 1.29 is 4.79 Å². The third kappa shape index (κ3) is 3.18. The summed E-state index contributed by atoms with van der Waals surface area (Å²) in [5.41, 5.74) is 7.79. The summed E-state index contributed by atoms with van der Waals surface area (Å²) in [4.78, 5) is 30.8. The van der Waals surface area contributed by atoms with E-state index in [1.807, 2.05) is 61.5 Å². The normalized spacial score (nSPS) is 12.2. The van der Waals surface area contributed by atoms with E-state index in [0.717, 1.165) is 11.1 Å². The first kappa shape index (κ1) is 19.5. The van der Waals surface area contributed by atoms with Crippen molar-refractivity contribution >= 4 is 28.1 Å². The lowest BCUT2D eigenvalue weighted by Gasteiger charge is -2.21. The maximum absolute atomic E-state index is 13.4. The topological polar surface area (TPSA) is 107 Å². The van der Waals surface area contributed by atoms with Gasteiger partial charge in [-0.1, -0.05) is 36.4 Å². The molecule has 2 aromatic carbocycles. The fraction of sp³-hybridized carbons (Fsp3) is 0.0833. The van der Waals surface area contributed by atoms with Crippen molar-refractivity contribution in [2.45, 2.75) is 13.0 Å². The number of rotatable bonds is 4. The van der Waals surface area contributed by atoms with Gasteiger partial charge in [-0.25, -0.2) is 9.50 Å². The molecule has 3 heterocycles. The molecule has 8 nitrogen and oxygen atoms in total. The van der Waals surface area contributed by atoms with E-state index in [4.69, 9.17) is 5.73 Å². The number of hydrogen-bond donors (Lipinski definition) is 2. The first-order valence-electron chi connectivity index (χ1n) is 10.1. The number of carbonyl (C=O) groups excluding carboxylic acids is 1. The summed E-state index contributed by atoms with van der Waals surface area (Å²) in [6.45, 7) is 1.83. The molecule has 0 radical (unpaired) electrons. The van der Waals surface area contributed by atoms with Gasteiger partial charge in [0.1, 0.15) is 5.56 Å². The molecule has 5 aromatic rings. The summed E-state index contributed by atoms with van der Waals surface area (Å²) in [6, 6.07) is 19.9. The van der Waals surface area contributed by atoms with Gasteiger partial charge in [0.05, 0.1) is 6.04 Å². The Morgan fingerprint density at radius 3 is 2.62 bits per heavy atom. The maximum atomic E-state index is 13.4. The first-order chi connectivity index (χ1) is 15.5. The number of aromatic nitrogens is 4. The minimum atomic E-state index is -0.502. The van der Waals surface area contributed by atoms with Gasteiger partial charge in [0.25, 0.3) is 11.5 Å². The number of carbonyl (C=O) groups is 1. The summed E-state index contributed by atoms with van der Waals surface area (Å²) in [6.07, 6.45) is 3.25. The van der Waals surface area contributed by atoms with Crippen LogP contribution in [0.1, 0.15) is 29.0 Å². The van der Waals surface area contributed by atoms with Gasteiger partial charge in [-0.15, -0.1) is 5.10 Å². The van der Waals surface area contributed by atoms with E-state index in [1.165, 1.54) is 4.52 Å². The summed E-state index contributed by atoms with van der Waals surface area (Å²) in [5.74, 6) is -0.323. The predicted octanol–water partition coefficient (Wildman–Crippen LogP) is 3.11. The van der Waals surface area contributed by atoms with Crippen molar-refractivity contribution in [3.63, 3.8) is 0 Å². The van der Waals surface area contributed by atoms with Crippen molar-refractivity contribution in [1.82, 2.24) is 24.5 Å². The summed E-state index contributed by atoms with van der Waals surface area (Å²) < 4.78 is 3.09. The number of nitrogens with two attached hydrogens (primary N) is 1. The van der Waals surface area contributed by atoms with E-state index in [2.05, 4.69) is 15.4 Å². The van der Waals surface area contributed by atoms with Gasteiger partial charge >= 0.3 is 0 Å². The fourth-order valence-electron chi connectivity index (χ4n) is 3.91. The van der Waals surface area contributed by atoms with E-state index in [1.54, 1.807) is 29.1 Å². The number of pyridine rings is 1. The van der Waals surface area contributed by atoms with Crippen LogP contribution in [-0.4, -0.2) is 25.1 Å². The lowest BCUT2D eigenvalue weighted by atomic mass is 10.1. The minimum Gasteiger partial charge on any atom is -0.381 e. The Bertz CT molecular complexity index is 1520. The average molecular weight is 424 g/mol. The van der Waals surface area contributed by atoms with Crippen molar-refractivity contribution in [1.29, 1.82) is 0 Å². The number of benzene rings is 2. The largest absolute Gasteiger partial charge is 0.381 e. The van der Waals surface area contributed by atoms with Gasteiger partial charge in [-0.2, -0.15) is 0 Å². The van der Waals surface area contributed by atoms with Gasteiger partial charge in [-0.3, -0.25) is 14.2 Å². The summed E-state index contributed by atoms with van der Waals surface area (Å²) in [7, 11) is 0. The number of nitrogens with one attached hydrogen (secondary N) is 1. The van der Waals surface area contributed by atoms with Crippen LogP contribution in [0.25, 0.3) is 22.1 Å². The monoisotopic (exact) mass is 424 g/mol. The highest BCUT2D eigenvalue weighted by molar-refractivity contribution is 6.04. The van der Waals surface area contributed by atoms with Crippen molar-refractivity contribution in [2.75, 3.05) is 5.73 Å². The van der Waals surface area contributed by atoms with Gasteiger partial charge < -0.3 is 11.1 Å². The van der Waals surface area contributed by atoms with E-state index in [9.17, 15) is 9.59 Å². The predicted molar refractivity (Wildman–Crippen MR) is 123 cm³/mol. The third-order valence-electron chi connectivity index (χ3n) is 5.41. The maximum Gasteiger partial charge on any atom is 0.263 e. The minimum absolute atomic E-state index is 0.0901. The Morgan fingerprint density at radius 2 is 1.81 bits per heavy atom. The second-order valence-corrected chi connectivity index (χ2v) is 7.48. The third-order valence-corrected chi connectivity index (χ3v) is 5.41. The molecule has 1 amide bonds. The highest BCUT2D eigenvalue weighted by Crippen LogP contribution is 2.23. The zero-order valence-electron chi connectivity index (χ0n) is 17.3. The van der Waals surface area contributed by atoms with Crippen LogP contribution in [0.2, 0.25) is 0 Å². The van der Waals surface area contributed by atoms with Crippen LogP contribution >= 0.6 is 0 Å². The second kappa shape index (κ2) is 7.66. The molecular weight excluding hydrogens is 404 g/mol. The van der Waals surface area contributed by atoms with Gasteiger partial charge in [-0.05, 0) is 42.6 Å². The fourth-order valence-corrected chi connectivity index (χ4v) is 3.91. The van der Waals surface area contributed by atoms with Crippen molar-refractivity contribution in [3.05, 3.63) is 101 Å². The van der Waals surface area contributed by atoms with Crippen LogP contribution in [-0.2, 0) is 0 Å². The van der Waals surface area contributed by atoms with Gasteiger partial charge in [0.15, 0.2) is 11.5 Å². The highest BCUT2D eigenvalue weighted by Gasteiger charge is 2.23. The molecule has 0 aliphatic rings. The van der Waals surface area contributed by atoms with Crippen LogP contribution in [0.15, 0.2) is 83.9 Å². The Morgan fingerprint density at radius 1 is 1.06 bits per heavy atom. The Labute approximate surface area is 182 Å². The van der Waals surface area contributed by atoms with E-state index < -0.39 is 11.9 Å². The molecular formula is C24H20N6O2. The van der Waals surface area contributed by atoms with Crippen LogP contribution in [0, 0.1) is 0 Å². The van der Waals surface area contributed by atoms with Crippen molar-refractivity contribution in [2.24, 2.45) is 0 Å². The second-order valence-electron chi connectivity index (χ2n) is 7.48. The van der Waals surface area contributed by atoms with E-state index in [0.29, 0.717) is 16.7 Å². The molecule has 0 saturated carbocycles. The number of nitrogen functional groups attached to an aromatic ring is 1. The van der Waals surface area contributed by atoms with Crippen LogP contribution in [0.3, 0.4) is 0 Å².